The van der Waals surface area contributed by atoms with Crippen molar-refractivity contribution in [3.05, 3.63) is 59.2 Å². The average Bonchev–Trinajstić information content (AvgIpc) is 2.47. The number of rotatable bonds is 4. The van der Waals surface area contributed by atoms with E-state index >= 15 is 0 Å². The van der Waals surface area contributed by atoms with E-state index in [0.717, 1.165) is 12.1 Å². The van der Waals surface area contributed by atoms with Crippen LogP contribution in [0.25, 0.3) is 0 Å². The molecule has 0 spiro atoms. The molecule has 102 valence electrons. The summed E-state index contributed by atoms with van der Waals surface area (Å²) in [7, 11) is 3.64. The predicted octanol–water partition coefficient (Wildman–Crippen LogP) is 3.51. The molecule has 0 aliphatic heterocycles. The SMILES string of the molecule is COc1cc(CN(C)c2cccc(C)c2)ccc1C#N. The Labute approximate surface area is 120 Å². The first kappa shape index (κ1) is 14.0. The third-order valence-electron chi connectivity index (χ3n) is 3.25. The van der Waals surface area contributed by atoms with E-state index in [-0.39, 0.29) is 0 Å². The van der Waals surface area contributed by atoms with E-state index in [4.69, 9.17) is 10.00 Å². The summed E-state index contributed by atoms with van der Waals surface area (Å²) in [4.78, 5) is 2.17. The first-order chi connectivity index (χ1) is 9.63. The molecule has 0 saturated carbocycles. The molecule has 0 aromatic heterocycles. The number of methoxy groups -OCH3 is 1. The molecule has 0 radical (unpaired) electrons. The van der Waals surface area contributed by atoms with E-state index in [1.165, 1.54) is 11.3 Å². The molecule has 0 bridgehead atoms. The molecule has 3 heteroatoms. The maximum absolute atomic E-state index is 8.99. The Morgan fingerprint density at radius 2 is 2.00 bits per heavy atom. The van der Waals surface area contributed by atoms with Crippen molar-refractivity contribution >= 4 is 5.69 Å². The molecule has 2 rings (SSSR count). The van der Waals surface area contributed by atoms with Gasteiger partial charge >= 0.3 is 0 Å². The summed E-state index contributed by atoms with van der Waals surface area (Å²) >= 11 is 0. The van der Waals surface area contributed by atoms with Crippen LogP contribution in [0.5, 0.6) is 5.75 Å². The Kier molecular flexibility index (Phi) is 4.27. The summed E-state index contributed by atoms with van der Waals surface area (Å²) in [5.74, 6) is 0.627. The van der Waals surface area contributed by atoms with Crippen molar-refractivity contribution in [3.8, 4) is 11.8 Å². The van der Waals surface area contributed by atoms with Crippen LogP contribution in [0.3, 0.4) is 0 Å². The van der Waals surface area contributed by atoms with E-state index in [1.54, 1.807) is 13.2 Å². The van der Waals surface area contributed by atoms with Crippen LogP contribution in [0, 0.1) is 18.3 Å². The minimum atomic E-state index is 0.564. The van der Waals surface area contributed by atoms with Gasteiger partial charge in [-0.25, -0.2) is 0 Å². The molecule has 0 amide bonds. The van der Waals surface area contributed by atoms with Crippen molar-refractivity contribution in [3.63, 3.8) is 0 Å². The van der Waals surface area contributed by atoms with Gasteiger partial charge in [0.2, 0.25) is 0 Å². The zero-order valence-electron chi connectivity index (χ0n) is 12.1. The van der Waals surface area contributed by atoms with Gasteiger partial charge in [-0.2, -0.15) is 5.26 Å². The van der Waals surface area contributed by atoms with Crippen LogP contribution in [-0.2, 0) is 6.54 Å². The van der Waals surface area contributed by atoms with E-state index in [1.807, 2.05) is 12.1 Å². The average molecular weight is 266 g/mol. The largest absolute Gasteiger partial charge is 0.495 e. The third-order valence-corrected chi connectivity index (χ3v) is 3.25. The van der Waals surface area contributed by atoms with Crippen molar-refractivity contribution in [2.75, 3.05) is 19.1 Å². The van der Waals surface area contributed by atoms with Gasteiger partial charge in [0.1, 0.15) is 11.8 Å². The molecule has 0 aliphatic carbocycles. The molecule has 0 saturated heterocycles. The van der Waals surface area contributed by atoms with Gasteiger partial charge in [0.25, 0.3) is 0 Å². The number of hydrogen-bond donors (Lipinski definition) is 0. The molecule has 3 nitrogen and oxygen atoms in total. The topological polar surface area (TPSA) is 36.3 Å². The number of hydrogen-bond acceptors (Lipinski definition) is 3. The predicted molar refractivity (Wildman–Crippen MR) is 81.0 cm³/mol. The van der Waals surface area contributed by atoms with Crippen molar-refractivity contribution in [1.29, 1.82) is 5.26 Å². The quantitative estimate of drug-likeness (QED) is 0.849. The highest BCUT2D eigenvalue weighted by Crippen LogP contribution is 2.22. The molecule has 2 aromatic carbocycles. The number of anilines is 1. The lowest BCUT2D eigenvalue weighted by Crippen LogP contribution is -2.16. The summed E-state index contributed by atoms with van der Waals surface area (Å²) in [6, 6.07) is 16.2. The van der Waals surface area contributed by atoms with Crippen molar-refractivity contribution in [2.45, 2.75) is 13.5 Å². The van der Waals surface area contributed by atoms with Crippen LogP contribution in [0.15, 0.2) is 42.5 Å². The molecule has 0 aliphatic rings. The summed E-state index contributed by atoms with van der Waals surface area (Å²) < 4.78 is 5.24. The van der Waals surface area contributed by atoms with Gasteiger partial charge in [-0.3, -0.25) is 0 Å². The number of ether oxygens (including phenoxy) is 1. The fourth-order valence-corrected chi connectivity index (χ4v) is 2.16. The van der Waals surface area contributed by atoms with Crippen LogP contribution in [0.2, 0.25) is 0 Å². The van der Waals surface area contributed by atoms with Gasteiger partial charge in [-0.1, -0.05) is 18.2 Å². The summed E-state index contributed by atoms with van der Waals surface area (Å²) in [6.07, 6.45) is 0. The highest BCUT2D eigenvalue weighted by Gasteiger charge is 2.06. The van der Waals surface area contributed by atoms with Gasteiger partial charge in [-0.15, -0.1) is 0 Å². The van der Waals surface area contributed by atoms with Crippen LogP contribution < -0.4 is 9.64 Å². The zero-order valence-corrected chi connectivity index (χ0v) is 12.1. The summed E-state index contributed by atoms with van der Waals surface area (Å²) in [6.45, 7) is 2.85. The van der Waals surface area contributed by atoms with Crippen LogP contribution >= 0.6 is 0 Å². The molecule has 0 atom stereocenters. The lowest BCUT2D eigenvalue weighted by molar-refractivity contribution is 0.413. The van der Waals surface area contributed by atoms with Crippen LogP contribution in [0.1, 0.15) is 16.7 Å². The van der Waals surface area contributed by atoms with Gasteiger partial charge < -0.3 is 9.64 Å². The monoisotopic (exact) mass is 266 g/mol. The number of aryl methyl sites for hydroxylation is 1. The molecule has 0 unspecified atom stereocenters. The fraction of sp³-hybridized carbons (Fsp3) is 0.235. The minimum Gasteiger partial charge on any atom is -0.495 e. The number of nitrogens with zero attached hydrogens (tertiary/aromatic N) is 2. The number of benzene rings is 2. The Bertz CT molecular complexity index is 644. The second kappa shape index (κ2) is 6.12. The Morgan fingerprint density at radius 1 is 1.20 bits per heavy atom. The maximum Gasteiger partial charge on any atom is 0.136 e. The molecule has 0 N–H and O–H groups in total. The van der Waals surface area contributed by atoms with E-state index in [9.17, 15) is 0 Å². The Hall–Kier alpha value is -2.47. The van der Waals surface area contributed by atoms with Crippen LogP contribution in [-0.4, -0.2) is 14.2 Å². The molecule has 20 heavy (non-hydrogen) atoms. The first-order valence-electron chi connectivity index (χ1n) is 6.49. The second-order valence-electron chi connectivity index (χ2n) is 4.84. The van der Waals surface area contributed by atoms with E-state index in [0.29, 0.717) is 11.3 Å². The first-order valence-corrected chi connectivity index (χ1v) is 6.49. The summed E-state index contributed by atoms with van der Waals surface area (Å²) in [5, 5.41) is 8.99. The highest BCUT2D eigenvalue weighted by atomic mass is 16.5. The fourth-order valence-electron chi connectivity index (χ4n) is 2.16. The third kappa shape index (κ3) is 3.10. The summed E-state index contributed by atoms with van der Waals surface area (Å²) in [5.41, 5.74) is 4.10. The lowest BCUT2D eigenvalue weighted by atomic mass is 10.1. The van der Waals surface area contributed by atoms with Gasteiger partial charge in [-0.05, 0) is 42.3 Å². The van der Waals surface area contributed by atoms with Crippen molar-refractivity contribution in [2.24, 2.45) is 0 Å². The maximum atomic E-state index is 8.99. The second-order valence-corrected chi connectivity index (χ2v) is 4.84. The van der Waals surface area contributed by atoms with Crippen molar-refractivity contribution < 1.29 is 4.74 Å². The Morgan fingerprint density at radius 3 is 2.65 bits per heavy atom. The van der Waals surface area contributed by atoms with Crippen LogP contribution in [0.4, 0.5) is 5.69 Å². The minimum absolute atomic E-state index is 0.564. The van der Waals surface area contributed by atoms with Crippen molar-refractivity contribution in [1.82, 2.24) is 0 Å². The normalized spacial score (nSPS) is 9.90. The molecule has 2 aromatic rings. The standard InChI is InChI=1S/C17H18N2O/c1-13-5-4-6-16(9-13)19(2)12-14-7-8-15(11-18)17(10-14)20-3/h4-10H,12H2,1-3H3. The smallest absolute Gasteiger partial charge is 0.136 e. The van der Waals surface area contributed by atoms with E-state index < -0.39 is 0 Å². The molecule has 0 fully saturated rings. The molecular weight excluding hydrogens is 248 g/mol. The van der Waals surface area contributed by atoms with E-state index in [2.05, 4.69) is 49.2 Å². The van der Waals surface area contributed by atoms with Gasteiger partial charge in [0, 0.05) is 19.3 Å². The van der Waals surface area contributed by atoms with Gasteiger partial charge in [0.15, 0.2) is 0 Å². The Balaban J connectivity index is 2.20. The lowest BCUT2D eigenvalue weighted by Gasteiger charge is -2.20. The molecular formula is C17H18N2O. The number of nitriles is 1. The molecule has 0 heterocycles. The highest BCUT2D eigenvalue weighted by molar-refractivity contribution is 5.50. The zero-order chi connectivity index (χ0) is 14.5. The van der Waals surface area contributed by atoms with Gasteiger partial charge in [0.05, 0.1) is 12.7 Å².